The molecular weight excluding hydrogens is 280 g/mol. The van der Waals surface area contributed by atoms with Crippen LogP contribution in [0.2, 0.25) is 0 Å². The Bertz CT molecular complexity index is 737. The first kappa shape index (κ1) is 15.7. The van der Waals surface area contributed by atoms with Crippen LogP contribution in [0.4, 0.5) is 0 Å². The summed E-state index contributed by atoms with van der Waals surface area (Å²) in [4.78, 5) is 16.9. The number of aliphatic hydroxyl groups is 1. The average molecular weight is 296 g/mol. The van der Waals surface area contributed by atoms with E-state index >= 15 is 0 Å². The van der Waals surface area contributed by atoms with Crippen molar-refractivity contribution >= 4 is 11.6 Å². The highest BCUT2D eigenvalue weighted by atomic mass is 16.3. The molecule has 0 radical (unpaired) electrons. The molecule has 0 saturated carbocycles. The van der Waals surface area contributed by atoms with Gasteiger partial charge in [-0.1, -0.05) is 0 Å². The van der Waals surface area contributed by atoms with E-state index in [1.807, 2.05) is 6.07 Å². The van der Waals surface area contributed by atoms with E-state index in [1.165, 1.54) is 0 Å². The lowest BCUT2D eigenvalue weighted by atomic mass is 9.68. The maximum Gasteiger partial charge on any atom is 0.182 e. The first-order chi connectivity index (χ1) is 10.3. The number of hydrogen-bond acceptors (Lipinski definition) is 5. The third kappa shape index (κ3) is 2.45. The zero-order chi connectivity index (χ0) is 16.5. The third-order valence-electron chi connectivity index (χ3n) is 3.94. The average Bonchev–Trinajstić information content (AvgIpc) is 2.49. The van der Waals surface area contributed by atoms with Gasteiger partial charge in [-0.25, -0.2) is 0 Å². The number of nitriles is 2. The molecule has 2 atom stereocenters. The van der Waals surface area contributed by atoms with Gasteiger partial charge in [-0.15, -0.1) is 0 Å². The quantitative estimate of drug-likeness (QED) is 0.354. The molecule has 2 rings (SSSR count). The minimum Gasteiger partial charge on any atom is -0.389 e. The molecule has 0 fully saturated rings. The van der Waals surface area contributed by atoms with Gasteiger partial charge in [0.1, 0.15) is 11.9 Å². The van der Waals surface area contributed by atoms with E-state index in [1.54, 1.807) is 45.2 Å². The first-order valence-electron chi connectivity index (χ1n) is 6.79. The van der Waals surface area contributed by atoms with Crippen LogP contribution in [-0.2, 0) is 0 Å². The molecule has 2 N–H and O–H groups in total. The summed E-state index contributed by atoms with van der Waals surface area (Å²) in [7, 11) is 0. The first-order valence-corrected chi connectivity index (χ1v) is 6.79. The standard InChI is InChI=1S/C16H16N4O2/c1-9(19-8-18)20-13-12-6-10(7-17)4-5-11(12)14(21)16(2,3)15(13)22/h4-6,13,15,22H,1-3H3,(H,19,20). The Morgan fingerprint density at radius 1 is 1.41 bits per heavy atom. The fourth-order valence-electron chi connectivity index (χ4n) is 2.59. The van der Waals surface area contributed by atoms with E-state index in [0.717, 1.165) is 0 Å². The maximum atomic E-state index is 12.5. The lowest BCUT2D eigenvalue weighted by molar-refractivity contribution is 0.0213. The molecule has 0 heterocycles. The van der Waals surface area contributed by atoms with Gasteiger partial charge in [0.25, 0.3) is 0 Å². The van der Waals surface area contributed by atoms with Crippen LogP contribution in [0.5, 0.6) is 0 Å². The van der Waals surface area contributed by atoms with Gasteiger partial charge in [0.15, 0.2) is 12.0 Å². The predicted molar refractivity (Wildman–Crippen MR) is 79.9 cm³/mol. The van der Waals surface area contributed by atoms with Crippen LogP contribution in [-0.4, -0.2) is 22.8 Å². The number of aliphatic imine (C=N–C) groups is 1. The second-order valence-corrected chi connectivity index (χ2v) is 5.81. The number of aliphatic hydroxyl groups excluding tert-OH is 1. The molecule has 6 nitrogen and oxygen atoms in total. The molecular formula is C16H16N4O2. The van der Waals surface area contributed by atoms with E-state index in [0.29, 0.717) is 22.5 Å². The van der Waals surface area contributed by atoms with Crippen molar-refractivity contribution < 1.29 is 9.90 Å². The fraction of sp³-hybridized carbons (Fsp3) is 0.375. The molecule has 0 bridgehead atoms. The number of amidine groups is 1. The van der Waals surface area contributed by atoms with Crippen molar-refractivity contribution in [3.63, 3.8) is 0 Å². The Labute approximate surface area is 128 Å². The fourth-order valence-corrected chi connectivity index (χ4v) is 2.59. The number of benzene rings is 1. The van der Waals surface area contributed by atoms with Crippen molar-refractivity contribution in [1.29, 1.82) is 10.5 Å². The summed E-state index contributed by atoms with van der Waals surface area (Å²) >= 11 is 0. The maximum absolute atomic E-state index is 12.5. The molecule has 2 unspecified atom stereocenters. The van der Waals surface area contributed by atoms with Crippen LogP contribution in [0.15, 0.2) is 23.2 Å². The Morgan fingerprint density at radius 2 is 2.09 bits per heavy atom. The molecule has 1 aliphatic rings. The second kappa shape index (κ2) is 5.59. The molecule has 6 heteroatoms. The minimum atomic E-state index is -1.04. The number of carbonyl (C=O) groups is 1. The Morgan fingerprint density at radius 3 is 2.68 bits per heavy atom. The number of hydrogen-bond donors (Lipinski definition) is 2. The second-order valence-electron chi connectivity index (χ2n) is 5.81. The van der Waals surface area contributed by atoms with Crippen LogP contribution in [0, 0.1) is 28.2 Å². The van der Waals surface area contributed by atoms with E-state index in [4.69, 9.17) is 10.5 Å². The molecule has 0 amide bonds. The predicted octanol–water partition coefficient (Wildman–Crippen LogP) is 1.67. The summed E-state index contributed by atoms with van der Waals surface area (Å²) in [5.74, 6) is 0.154. The highest BCUT2D eigenvalue weighted by Crippen LogP contribution is 2.43. The summed E-state index contributed by atoms with van der Waals surface area (Å²) in [6, 6.07) is 6.05. The Balaban J connectivity index is 2.65. The SMILES string of the molecule is CC(=NC1c2cc(C#N)ccc2C(=O)C(C)(C)C1O)NC#N. The number of nitrogens with zero attached hydrogens (tertiary/aromatic N) is 3. The molecule has 0 aliphatic heterocycles. The van der Waals surface area contributed by atoms with Crippen molar-refractivity contribution in [2.45, 2.75) is 32.9 Å². The summed E-state index contributed by atoms with van der Waals surface area (Å²) in [6.07, 6.45) is 0.722. The Kier molecular flexibility index (Phi) is 3.99. The molecule has 1 aromatic carbocycles. The number of nitrogens with one attached hydrogen (secondary N) is 1. The van der Waals surface area contributed by atoms with Crippen LogP contribution in [0.25, 0.3) is 0 Å². The molecule has 0 spiro atoms. The van der Waals surface area contributed by atoms with Gasteiger partial charge >= 0.3 is 0 Å². The number of carbonyl (C=O) groups excluding carboxylic acids is 1. The third-order valence-corrected chi connectivity index (χ3v) is 3.94. The van der Waals surface area contributed by atoms with Gasteiger partial charge in [-0.2, -0.15) is 10.5 Å². The topological polar surface area (TPSA) is 109 Å². The van der Waals surface area contributed by atoms with Crippen LogP contribution in [0.3, 0.4) is 0 Å². The largest absolute Gasteiger partial charge is 0.389 e. The zero-order valence-electron chi connectivity index (χ0n) is 12.6. The van der Waals surface area contributed by atoms with Gasteiger partial charge in [0, 0.05) is 5.56 Å². The smallest absolute Gasteiger partial charge is 0.182 e. The zero-order valence-corrected chi connectivity index (χ0v) is 12.6. The molecule has 1 aromatic rings. The van der Waals surface area contributed by atoms with Crippen molar-refractivity contribution in [2.75, 3.05) is 0 Å². The van der Waals surface area contributed by atoms with Gasteiger partial charge in [-0.05, 0) is 44.5 Å². The molecule has 22 heavy (non-hydrogen) atoms. The van der Waals surface area contributed by atoms with Crippen LogP contribution in [0.1, 0.15) is 48.3 Å². The van der Waals surface area contributed by atoms with E-state index in [2.05, 4.69) is 10.3 Å². The summed E-state index contributed by atoms with van der Waals surface area (Å²) in [5, 5.41) is 30.7. The van der Waals surface area contributed by atoms with Gasteiger partial charge in [-0.3, -0.25) is 15.1 Å². The van der Waals surface area contributed by atoms with Crippen LogP contribution >= 0.6 is 0 Å². The number of fused-ring (bicyclic) bond motifs is 1. The van der Waals surface area contributed by atoms with Gasteiger partial charge in [0.2, 0.25) is 0 Å². The van der Waals surface area contributed by atoms with Crippen molar-refractivity contribution in [2.24, 2.45) is 10.4 Å². The van der Waals surface area contributed by atoms with Crippen molar-refractivity contribution in [3.8, 4) is 12.3 Å². The van der Waals surface area contributed by atoms with Crippen LogP contribution < -0.4 is 5.32 Å². The van der Waals surface area contributed by atoms with Crippen molar-refractivity contribution in [1.82, 2.24) is 5.32 Å². The summed E-state index contributed by atoms with van der Waals surface area (Å²) < 4.78 is 0. The highest BCUT2D eigenvalue weighted by Gasteiger charge is 2.47. The van der Waals surface area contributed by atoms with Gasteiger partial charge in [0.05, 0.1) is 23.2 Å². The summed E-state index contributed by atoms with van der Waals surface area (Å²) in [6.45, 7) is 4.93. The van der Waals surface area contributed by atoms with Gasteiger partial charge < -0.3 is 5.11 Å². The molecule has 112 valence electrons. The molecule has 1 aliphatic carbocycles. The number of ketones is 1. The minimum absolute atomic E-state index is 0.183. The highest BCUT2D eigenvalue weighted by molar-refractivity contribution is 6.03. The lowest BCUT2D eigenvalue weighted by Gasteiger charge is -2.39. The molecule has 0 aromatic heterocycles. The molecule has 0 saturated heterocycles. The Hall–Kier alpha value is -2.70. The number of rotatable bonds is 1. The van der Waals surface area contributed by atoms with E-state index in [9.17, 15) is 9.90 Å². The number of Topliss-reactive ketones (excluding diaryl/α,β-unsaturated/α-hetero) is 1. The van der Waals surface area contributed by atoms with Crippen molar-refractivity contribution in [3.05, 3.63) is 34.9 Å². The monoisotopic (exact) mass is 296 g/mol. The summed E-state index contributed by atoms with van der Waals surface area (Å²) in [5.41, 5.74) is 0.356. The van der Waals surface area contributed by atoms with E-state index < -0.39 is 17.6 Å². The lowest BCUT2D eigenvalue weighted by Crippen LogP contribution is -2.45. The normalized spacial score (nSPS) is 23.2. The van der Waals surface area contributed by atoms with E-state index in [-0.39, 0.29) is 5.78 Å².